The first-order chi connectivity index (χ1) is 10.9. The van der Waals surface area contributed by atoms with Gasteiger partial charge in [0.2, 0.25) is 0 Å². The molecule has 0 saturated carbocycles. The van der Waals surface area contributed by atoms with Gasteiger partial charge in [-0.15, -0.1) is 0 Å². The van der Waals surface area contributed by atoms with Gasteiger partial charge in [0.1, 0.15) is 11.3 Å². The summed E-state index contributed by atoms with van der Waals surface area (Å²) in [7, 11) is 0. The highest BCUT2D eigenvalue weighted by atomic mass is 16.6. The van der Waals surface area contributed by atoms with Crippen LogP contribution in [0.2, 0.25) is 0 Å². The van der Waals surface area contributed by atoms with Crippen molar-refractivity contribution in [1.29, 1.82) is 0 Å². The number of ether oxygens (including phenoxy) is 1. The summed E-state index contributed by atoms with van der Waals surface area (Å²) >= 11 is 0. The third kappa shape index (κ3) is 3.62. The van der Waals surface area contributed by atoms with E-state index in [-0.39, 0.29) is 12.0 Å². The molecule has 1 atom stereocenters. The molecule has 3 heterocycles. The number of hydrogen-bond donors (Lipinski definition) is 0. The fourth-order valence-corrected chi connectivity index (χ4v) is 2.46. The Morgan fingerprint density at radius 3 is 3.04 bits per heavy atom. The molecule has 120 valence electrons. The maximum Gasteiger partial charge on any atom is 0.410 e. The number of carbonyl (C=O) groups excluding carboxylic acids is 1. The maximum atomic E-state index is 12.0. The summed E-state index contributed by atoms with van der Waals surface area (Å²) in [6, 6.07) is 3.73. The lowest BCUT2D eigenvalue weighted by atomic mass is 10.1. The first kappa shape index (κ1) is 15.3. The van der Waals surface area contributed by atoms with E-state index in [0.717, 1.165) is 17.8 Å². The highest BCUT2D eigenvalue weighted by Gasteiger charge is 2.28. The number of carbonyl (C=O) groups is 1. The van der Waals surface area contributed by atoms with Crippen molar-refractivity contribution in [2.75, 3.05) is 13.1 Å². The fourth-order valence-electron chi connectivity index (χ4n) is 2.46. The second-order valence-electron chi connectivity index (χ2n) is 6.62. The Balaban J connectivity index is 1.66. The molecule has 23 heavy (non-hydrogen) atoms. The molecule has 1 fully saturated rings. The Morgan fingerprint density at radius 2 is 2.26 bits per heavy atom. The number of hydrogen-bond acceptors (Lipinski definition) is 4. The van der Waals surface area contributed by atoms with Crippen molar-refractivity contribution in [3.05, 3.63) is 30.2 Å². The quantitative estimate of drug-likeness (QED) is 0.701. The number of nitrogens with zero attached hydrogens (tertiary/aromatic N) is 4. The highest BCUT2D eigenvalue weighted by molar-refractivity contribution is 5.68. The van der Waals surface area contributed by atoms with Gasteiger partial charge in [0.25, 0.3) is 0 Å². The highest BCUT2D eigenvalue weighted by Crippen LogP contribution is 2.19. The number of likely N-dealkylation sites (tertiary alicyclic amines) is 1. The van der Waals surface area contributed by atoms with Crippen LogP contribution in [0.5, 0.6) is 0 Å². The largest absolute Gasteiger partial charge is 0.444 e. The van der Waals surface area contributed by atoms with Crippen LogP contribution in [0.4, 0.5) is 4.79 Å². The first-order valence-electron chi connectivity index (χ1n) is 7.70. The predicted molar refractivity (Wildman–Crippen MR) is 85.8 cm³/mol. The lowest BCUT2D eigenvalue weighted by molar-refractivity contribution is 0.0291. The zero-order chi connectivity index (χ0) is 16.4. The molecule has 1 unspecified atom stereocenters. The summed E-state index contributed by atoms with van der Waals surface area (Å²) in [6.07, 6.45) is 4.02. The second-order valence-corrected chi connectivity index (χ2v) is 6.62. The first-order valence-corrected chi connectivity index (χ1v) is 7.70. The molecule has 1 saturated heterocycles. The lowest BCUT2D eigenvalue weighted by Gasteiger charge is -2.24. The van der Waals surface area contributed by atoms with Crippen LogP contribution in [0.25, 0.3) is 5.65 Å². The van der Waals surface area contributed by atoms with Gasteiger partial charge in [0, 0.05) is 25.2 Å². The van der Waals surface area contributed by atoms with Crippen LogP contribution in [0.3, 0.4) is 0 Å². The average molecular weight is 312 g/mol. The molecule has 1 aliphatic rings. The van der Waals surface area contributed by atoms with E-state index in [9.17, 15) is 4.79 Å². The van der Waals surface area contributed by atoms with E-state index in [1.54, 1.807) is 21.8 Å². The van der Waals surface area contributed by atoms with Crippen LogP contribution >= 0.6 is 0 Å². The summed E-state index contributed by atoms with van der Waals surface area (Å²) in [6.45, 7) is 6.90. The second kappa shape index (κ2) is 5.92. The lowest BCUT2D eigenvalue weighted by Crippen LogP contribution is -2.35. The summed E-state index contributed by atoms with van der Waals surface area (Å²) < 4.78 is 7.11. The third-order valence-corrected chi connectivity index (χ3v) is 3.52. The van der Waals surface area contributed by atoms with Gasteiger partial charge in [0.05, 0.1) is 6.20 Å². The molecular weight excluding hydrogens is 292 g/mol. The Labute approximate surface area is 135 Å². The summed E-state index contributed by atoms with van der Waals surface area (Å²) in [5.74, 6) is 6.50. The van der Waals surface area contributed by atoms with Gasteiger partial charge in [0.15, 0.2) is 5.65 Å². The minimum absolute atomic E-state index is 0.150. The SMILES string of the molecule is CC(C)(C)OC(=O)N1CCC(C#Cc2cnc3cccnn23)C1. The van der Waals surface area contributed by atoms with Crippen LogP contribution in [0, 0.1) is 17.8 Å². The van der Waals surface area contributed by atoms with Crippen LogP contribution in [-0.2, 0) is 4.74 Å². The van der Waals surface area contributed by atoms with Crippen molar-refractivity contribution in [1.82, 2.24) is 19.5 Å². The van der Waals surface area contributed by atoms with Crippen LogP contribution in [-0.4, -0.2) is 44.3 Å². The van der Waals surface area contributed by atoms with E-state index >= 15 is 0 Å². The molecule has 1 aliphatic heterocycles. The standard InChI is InChI=1S/C17H20N4O2/c1-17(2,3)23-16(22)20-10-8-13(12-20)6-7-14-11-18-15-5-4-9-19-21(14)15/h4-5,9,11,13H,8,10,12H2,1-3H3. The number of amides is 1. The topological polar surface area (TPSA) is 59.7 Å². The molecule has 1 amide bonds. The Morgan fingerprint density at radius 1 is 1.43 bits per heavy atom. The van der Waals surface area contributed by atoms with Crippen molar-refractivity contribution >= 4 is 11.7 Å². The van der Waals surface area contributed by atoms with Gasteiger partial charge in [-0.1, -0.05) is 5.92 Å². The number of imidazole rings is 1. The Bertz CT molecular complexity index is 779. The number of fused-ring (bicyclic) bond motifs is 1. The minimum Gasteiger partial charge on any atom is -0.444 e. The molecule has 6 nitrogen and oxygen atoms in total. The van der Waals surface area contributed by atoms with E-state index in [2.05, 4.69) is 21.9 Å². The van der Waals surface area contributed by atoms with E-state index in [1.165, 1.54) is 0 Å². The van der Waals surface area contributed by atoms with Crippen molar-refractivity contribution in [3.63, 3.8) is 0 Å². The van der Waals surface area contributed by atoms with Crippen molar-refractivity contribution < 1.29 is 9.53 Å². The molecule has 3 rings (SSSR count). The fraction of sp³-hybridized carbons (Fsp3) is 0.471. The Kier molecular flexibility index (Phi) is 3.95. The molecule has 2 aromatic heterocycles. The molecule has 0 aromatic carbocycles. The average Bonchev–Trinajstić information content (AvgIpc) is 3.10. The summed E-state index contributed by atoms with van der Waals surface area (Å²) in [4.78, 5) is 18.0. The van der Waals surface area contributed by atoms with E-state index in [0.29, 0.717) is 13.1 Å². The van der Waals surface area contributed by atoms with Gasteiger partial charge in [-0.2, -0.15) is 5.10 Å². The van der Waals surface area contributed by atoms with Gasteiger partial charge in [-0.25, -0.2) is 14.3 Å². The predicted octanol–water partition coefficient (Wildman–Crippen LogP) is 2.34. The molecular formula is C17H20N4O2. The number of rotatable bonds is 0. The van der Waals surface area contributed by atoms with Crippen LogP contribution in [0.1, 0.15) is 32.9 Å². The molecule has 0 bridgehead atoms. The summed E-state index contributed by atoms with van der Waals surface area (Å²) in [5.41, 5.74) is 1.07. The molecule has 0 radical (unpaired) electrons. The molecule has 6 heteroatoms. The van der Waals surface area contributed by atoms with Gasteiger partial charge < -0.3 is 9.64 Å². The normalized spacial score (nSPS) is 17.9. The van der Waals surface area contributed by atoms with E-state index < -0.39 is 5.60 Å². The van der Waals surface area contributed by atoms with Gasteiger partial charge >= 0.3 is 6.09 Å². The zero-order valence-electron chi connectivity index (χ0n) is 13.6. The van der Waals surface area contributed by atoms with Crippen LogP contribution in [0.15, 0.2) is 24.5 Å². The minimum atomic E-state index is -0.469. The van der Waals surface area contributed by atoms with Crippen LogP contribution < -0.4 is 0 Å². The molecule has 0 N–H and O–H groups in total. The molecule has 2 aromatic rings. The van der Waals surface area contributed by atoms with Crippen molar-refractivity contribution in [2.45, 2.75) is 32.8 Å². The summed E-state index contributed by atoms with van der Waals surface area (Å²) in [5, 5.41) is 4.24. The molecule has 0 aliphatic carbocycles. The van der Waals surface area contributed by atoms with Gasteiger partial charge in [-0.05, 0) is 45.2 Å². The third-order valence-electron chi connectivity index (χ3n) is 3.52. The molecule has 0 spiro atoms. The zero-order valence-corrected chi connectivity index (χ0v) is 13.6. The monoisotopic (exact) mass is 312 g/mol. The van der Waals surface area contributed by atoms with Gasteiger partial charge in [-0.3, -0.25) is 0 Å². The maximum absolute atomic E-state index is 12.0. The van der Waals surface area contributed by atoms with E-state index in [1.807, 2.05) is 32.9 Å². The number of aromatic nitrogens is 3. The smallest absolute Gasteiger partial charge is 0.410 e. The Hall–Kier alpha value is -2.55. The van der Waals surface area contributed by atoms with Crippen molar-refractivity contribution in [2.24, 2.45) is 5.92 Å². The van der Waals surface area contributed by atoms with Crippen molar-refractivity contribution in [3.8, 4) is 11.8 Å². The van der Waals surface area contributed by atoms with E-state index in [4.69, 9.17) is 4.74 Å².